The summed E-state index contributed by atoms with van der Waals surface area (Å²) in [6.07, 6.45) is 0.131. The topological polar surface area (TPSA) is 68.3 Å². The third-order valence-electron chi connectivity index (χ3n) is 4.77. The molecule has 0 amide bonds. The number of hydrogen-bond donors (Lipinski definition) is 0. The lowest BCUT2D eigenvalue weighted by atomic mass is 9.93. The summed E-state index contributed by atoms with van der Waals surface area (Å²) in [4.78, 5) is -0.0750. The Balaban J connectivity index is 2.12. The van der Waals surface area contributed by atoms with Gasteiger partial charge in [0.05, 0.1) is 21.7 Å². The van der Waals surface area contributed by atoms with E-state index in [2.05, 4.69) is 0 Å². The molecule has 1 aliphatic rings. The van der Waals surface area contributed by atoms with E-state index in [0.717, 1.165) is 18.2 Å². The maximum atomic E-state index is 14.5. The summed E-state index contributed by atoms with van der Waals surface area (Å²) in [6, 6.07) is 8.09. The fourth-order valence-electron chi connectivity index (χ4n) is 3.39. The Morgan fingerprint density at radius 2 is 1.59 bits per heavy atom. The highest BCUT2D eigenvalue weighted by Crippen LogP contribution is 2.42. The van der Waals surface area contributed by atoms with Crippen LogP contribution in [0.15, 0.2) is 47.4 Å². The number of rotatable bonds is 4. The molecule has 1 atom stereocenters. The van der Waals surface area contributed by atoms with Gasteiger partial charge in [-0.2, -0.15) is 0 Å². The van der Waals surface area contributed by atoms with Gasteiger partial charge >= 0.3 is 0 Å². The Bertz CT molecular complexity index is 1040. The SMILES string of the molecule is O=S1(=O)CCC(C(c2cc(F)ccc2F)S(=O)(=O)c2ccc(Cl)cc2)CC1. The third-order valence-corrected chi connectivity index (χ3v) is 8.97. The minimum atomic E-state index is -4.11. The van der Waals surface area contributed by atoms with Crippen LogP contribution in [0.5, 0.6) is 0 Å². The summed E-state index contributed by atoms with van der Waals surface area (Å²) in [6.45, 7) is 0. The second-order valence-corrected chi connectivity index (χ2v) is 11.4. The van der Waals surface area contributed by atoms with Gasteiger partial charge in [0.25, 0.3) is 0 Å². The molecule has 1 aliphatic heterocycles. The van der Waals surface area contributed by atoms with Crippen LogP contribution < -0.4 is 0 Å². The minimum absolute atomic E-state index is 0.0653. The lowest BCUT2D eigenvalue weighted by molar-refractivity contribution is 0.425. The van der Waals surface area contributed by atoms with Crippen LogP contribution in [0.1, 0.15) is 23.7 Å². The number of halogens is 3. The average Bonchev–Trinajstić information content (AvgIpc) is 2.60. The molecule has 9 heteroatoms. The third kappa shape index (κ3) is 4.33. The minimum Gasteiger partial charge on any atom is -0.229 e. The van der Waals surface area contributed by atoms with E-state index >= 15 is 0 Å². The molecule has 4 nitrogen and oxygen atoms in total. The van der Waals surface area contributed by atoms with E-state index in [1.54, 1.807) is 0 Å². The van der Waals surface area contributed by atoms with Gasteiger partial charge in [-0.05, 0) is 61.2 Å². The standard InChI is InChI=1S/C18H17ClF2O4S2/c19-13-1-4-15(5-2-13)27(24,25)18(12-7-9-26(22,23)10-8-12)16-11-14(20)3-6-17(16)21/h1-6,11-12,18H,7-10H2. The Labute approximate surface area is 162 Å². The van der Waals surface area contributed by atoms with Crippen LogP contribution in [0.25, 0.3) is 0 Å². The summed E-state index contributed by atoms with van der Waals surface area (Å²) < 4.78 is 78.3. The number of benzene rings is 2. The summed E-state index contributed by atoms with van der Waals surface area (Å²) in [5.41, 5.74) is -0.283. The van der Waals surface area contributed by atoms with Crippen LogP contribution in [0, 0.1) is 17.6 Å². The second-order valence-electron chi connectivity index (χ2n) is 6.57. The quantitative estimate of drug-likeness (QED) is 0.730. The monoisotopic (exact) mass is 434 g/mol. The maximum Gasteiger partial charge on any atom is 0.185 e. The lowest BCUT2D eigenvalue weighted by Gasteiger charge is -2.30. The molecule has 0 spiro atoms. The van der Waals surface area contributed by atoms with E-state index in [9.17, 15) is 25.6 Å². The van der Waals surface area contributed by atoms with Gasteiger partial charge in [-0.3, -0.25) is 0 Å². The van der Waals surface area contributed by atoms with Crippen molar-refractivity contribution in [2.75, 3.05) is 11.5 Å². The second kappa shape index (κ2) is 7.48. The average molecular weight is 435 g/mol. The summed E-state index contributed by atoms with van der Waals surface area (Å²) in [7, 11) is -7.35. The fourth-order valence-corrected chi connectivity index (χ4v) is 7.15. The van der Waals surface area contributed by atoms with Gasteiger partial charge in [0.1, 0.15) is 21.5 Å². The highest BCUT2D eigenvalue weighted by molar-refractivity contribution is 7.92. The van der Waals surface area contributed by atoms with E-state index in [0.29, 0.717) is 5.02 Å². The van der Waals surface area contributed by atoms with Gasteiger partial charge < -0.3 is 0 Å². The first kappa shape index (κ1) is 20.2. The zero-order chi connectivity index (χ0) is 19.8. The number of hydrogen-bond acceptors (Lipinski definition) is 4. The van der Waals surface area contributed by atoms with Crippen molar-refractivity contribution >= 4 is 31.3 Å². The molecule has 27 heavy (non-hydrogen) atoms. The first-order chi connectivity index (χ1) is 12.6. The fraction of sp³-hybridized carbons (Fsp3) is 0.333. The van der Waals surface area contributed by atoms with Gasteiger partial charge in [-0.1, -0.05) is 11.6 Å². The predicted molar refractivity (Wildman–Crippen MR) is 99.1 cm³/mol. The lowest BCUT2D eigenvalue weighted by Crippen LogP contribution is -2.31. The first-order valence-corrected chi connectivity index (χ1v) is 12.0. The molecule has 0 aliphatic carbocycles. The van der Waals surface area contributed by atoms with Crippen LogP contribution in [-0.2, 0) is 19.7 Å². The van der Waals surface area contributed by atoms with Gasteiger partial charge in [0, 0.05) is 10.6 Å². The predicted octanol–water partition coefficient (Wildman–Crippen LogP) is 3.96. The van der Waals surface area contributed by atoms with Gasteiger partial charge in [0.15, 0.2) is 9.84 Å². The smallest absolute Gasteiger partial charge is 0.185 e. The molecular weight excluding hydrogens is 418 g/mol. The highest BCUT2D eigenvalue weighted by atomic mass is 35.5. The molecule has 0 bridgehead atoms. The molecule has 146 valence electrons. The summed E-state index contributed by atoms with van der Waals surface area (Å²) >= 11 is 5.81. The van der Waals surface area contributed by atoms with Gasteiger partial charge in [-0.15, -0.1) is 0 Å². The van der Waals surface area contributed by atoms with Crippen molar-refractivity contribution in [1.29, 1.82) is 0 Å². The molecule has 1 heterocycles. The van der Waals surface area contributed by atoms with Crippen LogP contribution in [-0.4, -0.2) is 28.3 Å². The van der Waals surface area contributed by atoms with Crippen molar-refractivity contribution in [2.45, 2.75) is 23.0 Å². The molecule has 0 N–H and O–H groups in total. The molecule has 1 saturated heterocycles. The molecule has 2 aromatic carbocycles. The van der Waals surface area contributed by atoms with Crippen LogP contribution >= 0.6 is 11.6 Å². The summed E-state index contributed by atoms with van der Waals surface area (Å²) in [5.74, 6) is -2.60. The highest BCUT2D eigenvalue weighted by Gasteiger charge is 2.40. The Hall–Kier alpha value is -1.51. The molecule has 1 fully saturated rings. The molecule has 0 saturated carbocycles. The molecule has 3 rings (SSSR count). The zero-order valence-corrected chi connectivity index (χ0v) is 16.5. The van der Waals surface area contributed by atoms with Crippen molar-refractivity contribution < 1.29 is 25.6 Å². The van der Waals surface area contributed by atoms with Gasteiger partial charge in [0.2, 0.25) is 0 Å². The van der Waals surface area contributed by atoms with Crippen molar-refractivity contribution in [3.05, 3.63) is 64.7 Å². The molecule has 2 aromatic rings. The van der Waals surface area contributed by atoms with Crippen molar-refractivity contribution in [2.24, 2.45) is 5.92 Å². The van der Waals surface area contributed by atoms with Crippen molar-refractivity contribution in [3.63, 3.8) is 0 Å². The Kier molecular flexibility index (Phi) is 5.61. The number of sulfone groups is 2. The normalized spacial score (nSPS) is 18.9. The van der Waals surface area contributed by atoms with E-state index in [-0.39, 0.29) is 34.8 Å². The first-order valence-electron chi connectivity index (χ1n) is 8.25. The van der Waals surface area contributed by atoms with E-state index in [1.807, 2.05) is 0 Å². The van der Waals surface area contributed by atoms with Crippen LogP contribution in [0.4, 0.5) is 8.78 Å². The van der Waals surface area contributed by atoms with Crippen molar-refractivity contribution in [3.8, 4) is 0 Å². The van der Waals surface area contributed by atoms with Crippen LogP contribution in [0.2, 0.25) is 5.02 Å². The molecule has 1 unspecified atom stereocenters. The van der Waals surface area contributed by atoms with Gasteiger partial charge in [-0.25, -0.2) is 25.6 Å². The Morgan fingerprint density at radius 3 is 2.19 bits per heavy atom. The van der Waals surface area contributed by atoms with Crippen molar-refractivity contribution in [1.82, 2.24) is 0 Å². The largest absolute Gasteiger partial charge is 0.229 e. The van der Waals surface area contributed by atoms with E-state index in [4.69, 9.17) is 11.6 Å². The Morgan fingerprint density at radius 1 is 1.00 bits per heavy atom. The zero-order valence-electron chi connectivity index (χ0n) is 14.1. The summed E-state index contributed by atoms with van der Waals surface area (Å²) in [5, 5.41) is -1.05. The van der Waals surface area contributed by atoms with E-state index < -0.39 is 42.5 Å². The van der Waals surface area contributed by atoms with E-state index in [1.165, 1.54) is 24.3 Å². The molecule has 0 aromatic heterocycles. The maximum absolute atomic E-state index is 14.5. The molecular formula is C18H17ClF2O4S2. The molecule has 0 radical (unpaired) electrons. The van der Waals surface area contributed by atoms with Crippen LogP contribution in [0.3, 0.4) is 0 Å².